The van der Waals surface area contributed by atoms with E-state index in [2.05, 4.69) is 25.8 Å². The van der Waals surface area contributed by atoms with Crippen LogP contribution in [-0.2, 0) is 13.1 Å². The van der Waals surface area contributed by atoms with E-state index in [0.717, 1.165) is 38.4 Å². The minimum Gasteiger partial charge on any atom is -0.395 e. The lowest BCUT2D eigenvalue weighted by molar-refractivity contribution is 0.249. The molecule has 4 rings (SSSR count). The van der Waals surface area contributed by atoms with Crippen LogP contribution >= 0.6 is 0 Å². The van der Waals surface area contributed by atoms with Gasteiger partial charge in [-0.3, -0.25) is 19.2 Å². The van der Waals surface area contributed by atoms with Crippen molar-refractivity contribution in [3.05, 3.63) is 65.0 Å². The average Bonchev–Trinajstić information content (AvgIpc) is 2.71. The number of rotatable bonds is 5. The van der Waals surface area contributed by atoms with Crippen LogP contribution in [0.3, 0.4) is 0 Å². The molecule has 1 saturated heterocycles. The van der Waals surface area contributed by atoms with Gasteiger partial charge in [0.15, 0.2) is 0 Å². The minimum atomic E-state index is -0.109. The van der Waals surface area contributed by atoms with Gasteiger partial charge in [-0.25, -0.2) is 4.98 Å². The van der Waals surface area contributed by atoms with Gasteiger partial charge in [-0.05, 0) is 29.8 Å². The van der Waals surface area contributed by atoms with Gasteiger partial charge in [-0.15, -0.1) is 0 Å². The fourth-order valence-corrected chi connectivity index (χ4v) is 3.52. The monoisotopic (exact) mass is 365 g/mol. The number of benzene rings is 1. The number of anilines is 1. The van der Waals surface area contributed by atoms with Gasteiger partial charge in [0.1, 0.15) is 0 Å². The Labute approximate surface area is 157 Å². The number of nitrogens with zero attached hydrogens (tertiary/aromatic N) is 5. The lowest BCUT2D eigenvalue weighted by Gasteiger charge is -2.36. The first kappa shape index (κ1) is 17.6. The topological polar surface area (TPSA) is 74.5 Å². The highest BCUT2D eigenvalue weighted by Crippen LogP contribution is 2.21. The van der Waals surface area contributed by atoms with E-state index in [-0.39, 0.29) is 18.7 Å². The number of hydrogen-bond donors (Lipinski definition) is 1. The maximum Gasteiger partial charge on any atom is 0.261 e. The molecule has 27 heavy (non-hydrogen) atoms. The van der Waals surface area contributed by atoms with Crippen molar-refractivity contribution in [1.29, 1.82) is 0 Å². The number of pyridine rings is 1. The molecule has 7 nitrogen and oxygen atoms in total. The second-order valence-electron chi connectivity index (χ2n) is 6.79. The van der Waals surface area contributed by atoms with Gasteiger partial charge in [-0.1, -0.05) is 6.07 Å². The maximum atomic E-state index is 12.4. The van der Waals surface area contributed by atoms with Gasteiger partial charge < -0.3 is 10.0 Å². The molecule has 0 radical (unpaired) electrons. The molecule has 1 fully saturated rings. The van der Waals surface area contributed by atoms with Crippen molar-refractivity contribution in [3.8, 4) is 0 Å². The Balaban J connectivity index is 1.46. The summed E-state index contributed by atoms with van der Waals surface area (Å²) in [5, 5.41) is 9.63. The normalized spacial score (nSPS) is 15.4. The highest BCUT2D eigenvalue weighted by molar-refractivity contribution is 5.81. The molecule has 0 bridgehead atoms. The third-order valence-electron chi connectivity index (χ3n) is 5.02. The number of aliphatic hydroxyl groups excluding tert-OH is 1. The summed E-state index contributed by atoms with van der Waals surface area (Å²) in [5.74, 6) is 0. The summed E-state index contributed by atoms with van der Waals surface area (Å²) in [6.07, 6.45) is 5.23. The molecule has 3 aromatic rings. The van der Waals surface area contributed by atoms with Crippen LogP contribution < -0.4 is 10.5 Å². The van der Waals surface area contributed by atoms with Gasteiger partial charge in [0.25, 0.3) is 5.56 Å². The number of aromatic nitrogens is 3. The first-order valence-corrected chi connectivity index (χ1v) is 9.21. The summed E-state index contributed by atoms with van der Waals surface area (Å²) >= 11 is 0. The molecule has 7 heteroatoms. The van der Waals surface area contributed by atoms with E-state index in [1.54, 1.807) is 6.20 Å². The Morgan fingerprint density at radius 3 is 2.70 bits per heavy atom. The van der Waals surface area contributed by atoms with Gasteiger partial charge in [-0.2, -0.15) is 0 Å². The van der Waals surface area contributed by atoms with Crippen molar-refractivity contribution in [2.45, 2.75) is 13.1 Å². The van der Waals surface area contributed by atoms with Crippen molar-refractivity contribution in [2.75, 3.05) is 37.7 Å². The Bertz CT molecular complexity index is 965. The smallest absolute Gasteiger partial charge is 0.261 e. The molecule has 1 N–H and O–H groups in total. The van der Waals surface area contributed by atoms with Crippen LogP contribution in [0.5, 0.6) is 0 Å². The number of piperazine rings is 1. The fourth-order valence-electron chi connectivity index (χ4n) is 3.52. The lowest BCUT2D eigenvalue weighted by Crippen LogP contribution is -2.46. The summed E-state index contributed by atoms with van der Waals surface area (Å²) in [6.45, 7) is 4.96. The predicted octanol–water partition coefficient (Wildman–Crippen LogP) is 1.11. The van der Waals surface area contributed by atoms with E-state index in [0.29, 0.717) is 10.9 Å². The SMILES string of the molecule is O=c1c2ccc(N3CCN(Cc4cccnc4)CC3)cc2ncn1CCO. The van der Waals surface area contributed by atoms with Crippen LogP contribution in [0.2, 0.25) is 0 Å². The van der Waals surface area contributed by atoms with Crippen molar-refractivity contribution in [1.82, 2.24) is 19.4 Å². The second-order valence-corrected chi connectivity index (χ2v) is 6.79. The Morgan fingerprint density at radius 1 is 1.11 bits per heavy atom. The van der Waals surface area contributed by atoms with Crippen LogP contribution in [0.4, 0.5) is 5.69 Å². The van der Waals surface area contributed by atoms with Crippen LogP contribution in [0.15, 0.2) is 53.8 Å². The first-order valence-electron chi connectivity index (χ1n) is 9.21. The van der Waals surface area contributed by atoms with E-state index >= 15 is 0 Å². The number of aliphatic hydroxyl groups is 1. The summed E-state index contributed by atoms with van der Waals surface area (Å²) in [7, 11) is 0. The van der Waals surface area contributed by atoms with E-state index in [4.69, 9.17) is 5.11 Å². The zero-order valence-corrected chi connectivity index (χ0v) is 15.2. The molecule has 0 unspecified atom stereocenters. The van der Waals surface area contributed by atoms with Crippen molar-refractivity contribution in [2.24, 2.45) is 0 Å². The molecule has 0 spiro atoms. The van der Waals surface area contributed by atoms with Crippen LogP contribution in [0, 0.1) is 0 Å². The van der Waals surface area contributed by atoms with E-state index in [1.165, 1.54) is 16.5 Å². The highest BCUT2D eigenvalue weighted by atomic mass is 16.3. The Kier molecular flexibility index (Phi) is 5.13. The van der Waals surface area contributed by atoms with Crippen LogP contribution in [-0.4, -0.2) is 57.3 Å². The second kappa shape index (κ2) is 7.85. The largest absolute Gasteiger partial charge is 0.395 e. The van der Waals surface area contributed by atoms with Gasteiger partial charge >= 0.3 is 0 Å². The average molecular weight is 365 g/mol. The van der Waals surface area contributed by atoms with Crippen LogP contribution in [0.1, 0.15) is 5.56 Å². The third kappa shape index (κ3) is 3.84. The molecule has 0 aliphatic carbocycles. The fraction of sp³-hybridized carbons (Fsp3) is 0.350. The molecular formula is C20H23N5O2. The maximum absolute atomic E-state index is 12.4. The molecule has 3 heterocycles. The quantitative estimate of drug-likeness (QED) is 0.730. The number of fused-ring (bicyclic) bond motifs is 1. The first-order chi connectivity index (χ1) is 13.2. The van der Waals surface area contributed by atoms with E-state index in [1.807, 2.05) is 30.5 Å². The molecule has 140 valence electrons. The van der Waals surface area contributed by atoms with Gasteiger partial charge in [0.05, 0.1) is 30.4 Å². The Hall–Kier alpha value is -2.77. The van der Waals surface area contributed by atoms with Crippen LogP contribution in [0.25, 0.3) is 10.9 Å². The Morgan fingerprint density at radius 2 is 1.96 bits per heavy atom. The molecule has 0 saturated carbocycles. The summed E-state index contributed by atoms with van der Waals surface area (Å²) in [6, 6.07) is 9.90. The van der Waals surface area contributed by atoms with Crippen molar-refractivity contribution >= 4 is 16.6 Å². The molecule has 1 aliphatic heterocycles. The zero-order chi connectivity index (χ0) is 18.6. The molecular weight excluding hydrogens is 342 g/mol. The highest BCUT2D eigenvalue weighted by Gasteiger charge is 2.18. The van der Waals surface area contributed by atoms with E-state index < -0.39 is 0 Å². The third-order valence-corrected chi connectivity index (χ3v) is 5.02. The standard InChI is InChI=1S/C20H23N5O2/c26-11-10-25-15-22-19-12-17(3-4-18(19)20(25)27)24-8-6-23(7-9-24)14-16-2-1-5-21-13-16/h1-5,12-13,15,26H,6-11,14H2. The van der Waals surface area contributed by atoms with Gasteiger partial charge in [0, 0.05) is 50.8 Å². The van der Waals surface area contributed by atoms with E-state index in [9.17, 15) is 4.79 Å². The molecule has 1 aliphatic rings. The summed E-state index contributed by atoms with van der Waals surface area (Å²) in [5.41, 5.74) is 2.92. The molecule has 0 atom stereocenters. The molecule has 2 aromatic heterocycles. The van der Waals surface area contributed by atoms with Gasteiger partial charge in [0.2, 0.25) is 0 Å². The molecule has 0 amide bonds. The zero-order valence-electron chi connectivity index (χ0n) is 15.2. The van der Waals surface area contributed by atoms with Crippen molar-refractivity contribution in [3.63, 3.8) is 0 Å². The minimum absolute atomic E-state index is 0.0749. The predicted molar refractivity (Wildman–Crippen MR) is 105 cm³/mol. The molecule has 1 aromatic carbocycles. The lowest BCUT2D eigenvalue weighted by atomic mass is 10.2. The number of hydrogen-bond acceptors (Lipinski definition) is 6. The van der Waals surface area contributed by atoms with Crippen molar-refractivity contribution < 1.29 is 5.11 Å². The summed E-state index contributed by atoms with van der Waals surface area (Å²) in [4.78, 5) is 25.7. The summed E-state index contributed by atoms with van der Waals surface area (Å²) < 4.78 is 1.44.